The van der Waals surface area contributed by atoms with Crippen molar-refractivity contribution in [3.63, 3.8) is 0 Å². The van der Waals surface area contributed by atoms with E-state index in [0.29, 0.717) is 6.79 Å². The van der Waals surface area contributed by atoms with Gasteiger partial charge >= 0.3 is 0 Å². The van der Waals surface area contributed by atoms with Crippen LogP contribution in [0.1, 0.15) is 18.4 Å². The molecule has 1 heterocycles. The number of hydrogen-bond acceptors (Lipinski definition) is 3. The number of fused-ring (bicyclic) bond motifs is 1. The first-order valence-electron chi connectivity index (χ1n) is 4.47. The van der Waals surface area contributed by atoms with Crippen LogP contribution in [0.25, 0.3) is 0 Å². The summed E-state index contributed by atoms with van der Waals surface area (Å²) >= 11 is 0. The molecule has 1 fully saturated rings. The standard InChI is InChI=1S/C10H11NO2.ClH/c11-10(3-4-10)7-1-2-8-9(5-7)13-6-12-8;/h1-2,5H,3-4,6,11H2;1H. The molecular formula is C10H12ClNO2. The lowest BCUT2D eigenvalue weighted by atomic mass is 10.1. The van der Waals surface area contributed by atoms with Gasteiger partial charge in [-0.2, -0.15) is 0 Å². The average Bonchev–Trinajstić information content (AvgIpc) is 2.74. The first-order chi connectivity index (χ1) is 6.28. The molecule has 2 N–H and O–H groups in total. The van der Waals surface area contributed by atoms with Crippen LogP contribution in [-0.4, -0.2) is 6.79 Å². The molecule has 0 aromatic heterocycles. The largest absolute Gasteiger partial charge is 0.454 e. The summed E-state index contributed by atoms with van der Waals surface area (Å²) in [5.74, 6) is 1.65. The smallest absolute Gasteiger partial charge is 0.231 e. The van der Waals surface area contributed by atoms with Gasteiger partial charge in [0.05, 0.1) is 0 Å². The van der Waals surface area contributed by atoms with Crippen molar-refractivity contribution in [1.82, 2.24) is 0 Å². The third kappa shape index (κ3) is 1.33. The number of hydrogen-bond donors (Lipinski definition) is 1. The monoisotopic (exact) mass is 213 g/mol. The van der Waals surface area contributed by atoms with E-state index in [1.54, 1.807) is 0 Å². The number of ether oxygens (including phenoxy) is 2. The molecule has 1 aliphatic carbocycles. The van der Waals surface area contributed by atoms with Crippen molar-refractivity contribution < 1.29 is 9.47 Å². The van der Waals surface area contributed by atoms with E-state index in [-0.39, 0.29) is 17.9 Å². The fourth-order valence-electron chi connectivity index (χ4n) is 1.63. The zero-order valence-corrected chi connectivity index (χ0v) is 8.47. The number of rotatable bonds is 1. The van der Waals surface area contributed by atoms with Crippen LogP contribution in [0.4, 0.5) is 0 Å². The van der Waals surface area contributed by atoms with Crippen LogP contribution in [0, 0.1) is 0 Å². The van der Waals surface area contributed by atoms with Gasteiger partial charge in [-0.25, -0.2) is 0 Å². The molecule has 1 aromatic rings. The third-order valence-corrected chi connectivity index (χ3v) is 2.74. The molecule has 0 spiro atoms. The predicted octanol–water partition coefficient (Wildman–Crippen LogP) is 1.78. The minimum absolute atomic E-state index is 0. The lowest BCUT2D eigenvalue weighted by Gasteiger charge is -2.08. The Bertz CT molecular complexity index is 363. The normalized spacial score (nSPS) is 20.1. The van der Waals surface area contributed by atoms with E-state index in [2.05, 4.69) is 0 Å². The SMILES string of the molecule is Cl.NC1(c2ccc3c(c2)OCO3)CC1. The Morgan fingerprint density at radius 3 is 2.57 bits per heavy atom. The highest BCUT2D eigenvalue weighted by Crippen LogP contribution is 2.45. The molecule has 0 amide bonds. The zero-order valence-electron chi connectivity index (χ0n) is 7.66. The van der Waals surface area contributed by atoms with Gasteiger partial charge in [-0.15, -0.1) is 12.4 Å². The van der Waals surface area contributed by atoms with Crippen LogP contribution in [-0.2, 0) is 5.54 Å². The molecule has 14 heavy (non-hydrogen) atoms. The van der Waals surface area contributed by atoms with Crippen LogP contribution in [0.3, 0.4) is 0 Å². The summed E-state index contributed by atoms with van der Waals surface area (Å²) in [7, 11) is 0. The van der Waals surface area contributed by atoms with Crippen molar-refractivity contribution >= 4 is 12.4 Å². The molecule has 3 rings (SSSR count). The van der Waals surface area contributed by atoms with E-state index in [4.69, 9.17) is 15.2 Å². The molecule has 1 aromatic carbocycles. The van der Waals surface area contributed by atoms with E-state index in [1.807, 2.05) is 18.2 Å². The Kier molecular flexibility index (Phi) is 2.09. The summed E-state index contributed by atoms with van der Waals surface area (Å²) in [4.78, 5) is 0. The summed E-state index contributed by atoms with van der Waals surface area (Å²) in [5, 5.41) is 0. The van der Waals surface area contributed by atoms with Gasteiger partial charge in [-0.05, 0) is 30.5 Å². The second kappa shape index (κ2) is 3.04. The van der Waals surface area contributed by atoms with Crippen LogP contribution in [0.2, 0.25) is 0 Å². The number of benzene rings is 1. The number of nitrogens with two attached hydrogens (primary N) is 1. The molecule has 0 saturated heterocycles. The fraction of sp³-hybridized carbons (Fsp3) is 0.400. The van der Waals surface area contributed by atoms with Gasteiger partial charge in [0.1, 0.15) is 0 Å². The highest BCUT2D eigenvalue weighted by atomic mass is 35.5. The van der Waals surface area contributed by atoms with Gasteiger partial charge in [0.15, 0.2) is 11.5 Å². The first-order valence-corrected chi connectivity index (χ1v) is 4.47. The number of halogens is 1. The van der Waals surface area contributed by atoms with Crippen molar-refractivity contribution in [2.75, 3.05) is 6.79 Å². The summed E-state index contributed by atoms with van der Waals surface area (Å²) in [6.07, 6.45) is 2.15. The highest BCUT2D eigenvalue weighted by molar-refractivity contribution is 5.85. The average molecular weight is 214 g/mol. The molecule has 4 heteroatoms. The predicted molar refractivity (Wildman–Crippen MR) is 54.9 cm³/mol. The maximum Gasteiger partial charge on any atom is 0.231 e. The molecule has 2 aliphatic rings. The summed E-state index contributed by atoms with van der Waals surface area (Å²) in [6.45, 7) is 0.330. The summed E-state index contributed by atoms with van der Waals surface area (Å²) in [6, 6.07) is 5.96. The molecule has 0 atom stereocenters. The minimum Gasteiger partial charge on any atom is -0.454 e. The Morgan fingerprint density at radius 1 is 1.14 bits per heavy atom. The van der Waals surface area contributed by atoms with Crippen LogP contribution in [0.5, 0.6) is 11.5 Å². The third-order valence-electron chi connectivity index (χ3n) is 2.74. The molecule has 3 nitrogen and oxygen atoms in total. The summed E-state index contributed by atoms with van der Waals surface area (Å²) < 4.78 is 10.5. The molecule has 76 valence electrons. The van der Waals surface area contributed by atoms with Crippen LogP contribution < -0.4 is 15.2 Å². The molecule has 0 unspecified atom stereocenters. The Morgan fingerprint density at radius 2 is 1.86 bits per heavy atom. The summed E-state index contributed by atoms with van der Waals surface area (Å²) in [5.41, 5.74) is 7.15. The molecular weight excluding hydrogens is 202 g/mol. The Balaban J connectivity index is 0.000000750. The quantitative estimate of drug-likeness (QED) is 0.774. The van der Waals surface area contributed by atoms with E-state index >= 15 is 0 Å². The van der Waals surface area contributed by atoms with Gasteiger partial charge in [0.2, 0.25) is 6.79 Å². The van der Waals surface area contributed by atoms with Crippen molar-refractivity contribution in [2.24, 2.45) is 5.73 Å². The fourth-order valence-corrected chi connectivity index (χ4v) is 1.63. The molecule has 0 radical (unpaired) electrons. The highest BCUT2D eigenvalue weighted by Gasteiger charge is 2.40. The van der Waals surface area contributed by atoms with Crippen molar-refractivity contribution in [3.8, 4) is 11.5 Å². The maximum absolute atomic E-state index is 6.07. The van der Waals surface area contributed by atoms with E-state index in [1.165, 1.54) is 0 Å². The van der Waals surface area contributed by atoms with Crippen molar-refractivity contribution in [1.29, 1.82) is 0 Å². The van der Waals surface area contributed by atoms with Crippen molar-refractivity contribution in [3.05, 3.63) is 23.8 Å². The van der Waals surface area contributed by atoms with Gasteiger partial charge in [-0.3, -0.25) is 0 Å². The van der Waals surface area contributed by atoms with E-state index in [0.717, 1.165) is 29.9 Å². The topological polar surface area (TPSA) is 44.5 Å². The molecule has 1 saturated carbocycles. The molecule has 1 aliphatic heterocycles. The van der Waals surface area contributed by atoms with Crippen LogP contribution >= 0.6 is 12.4 Å². The van der Waals surface area contributed by atoms with Gasteiger partial charge in [0.25, 0.3) is 0 Å². The van der Waals surface area contributed by atoms with Gasteiger partial charge < -0.3 is 15.2 Å². The zero-order chi connectivity index (χ0) is 8.89. The van der Waals surface area contributed by atoms with Crippen LogP contribution in [0.15, 0.2) is 18.2 Å². The van der Waals surface area contributed by atoms with Crippen molar-refractivity contribution in [2.45, 2.75) is 18.4 Å². The second-order valence-electron chi connectivity index (χ2n) is 3.72. The minimum atomic E-state index is -0.0824. The Labute approximate surface area is 88.6 Å². The second-order valence-corrected chi connectivity index (χ2v) is 3.72. The lowest BCUT2D eigenvalue weighted by Crippen LogP contribution is -2.18. The van der Waals surface area contributed by atoms with Gasteiger partial charge in [-0.1, -0.05) is 6.07 Å². The van der Waals surface area contributed by atoms with E-state index < -0.39 is 0 Å². The maximum atomic E-state index is 6.07. The van der Waals surface area contributed by atoms with E-state index in [9.17, 15) is 0 Å². The Hall–Kier alpha value is -0.930. The lowest BCUT2D eigenvalue weighted by molar-refractivity contribution is 0.174. The molecule has 0 bridgehead atoms. The first kappa shape index (κ1) is 9.62. The van der Waals surface area contributed by atoms with Gasteiger partial charge in [0, 0.05) is 5.54 Å².